The molecule has 1 aromatic carbocycles. The van der Waals surface area contributed by atoms with E-state index in [1.54, 1.807) is 12.1 Å². The summed E-state index contributed by atoms with van der Waals surface area (Å²) in [6.07, 6.45) is 2.98. The Morgan fingerprint density at radius 3 is 2.28 bits per heavy atom. The van der Waals surface area contributed by atoms with Crippen molar-refractivity contribution in [1.82, 2.24) is 4.98 Å². The van der Waals surface area contributed by atoms with Crippen molar-refractivity contribution < 1.29 is 14.7 Å². The van der Waals surface area contributed by atoms with Gasteiger partial charge in [-0.1, -0.05) is 6.07 Å². The first-order chi connectivity index (χ1) is 8.61. The molecule has 0 fully saturated rings. The zero-order valence-electron chi connectivity index (χ0n) is 9.33. The van der Waals surface area contributed by atoms with Crippen LogP contribution in [0.25, 0.3) is 0 Å². The number of benzene rings is 1. The van der Waals surface area contributed by atoms with Crippen LogP contribution in [0.15, 0.2) is 42.7 Å². The minimum atomic E-state index is -1.16. The Hall–Kier alpha value is -2.69. The molecule has 5 heteroatoms. The van der Waals surface area contributed by atoms with Gasteiger partial charge in [-0.05, 0) is 24.3 Å². The minimum Gasteiger partial charge on any atom is -0.478 e. The van der Waals surface area contributed by atoms with Crippen LogP contribution in [-0.2, 0) is 0 Å². The molecule has 1 heterocycles. The minimum absolute atomic E-state index is 0.0215. The molecule has 5 nitrogen and oxygen atoms in total. The Balaban J connectivity index is 2.50. The lowest BCUT2D eigenvalue weighted by Crippen LogP contribution is -2.10. The Morgan fingerprint density at radius 1 is 1.06 bits per heavy atom. The van der Waals surface area contributed by atoms with Crippen molar-refractivity contribution in [2.45, 2.75) is 0 Å². The van der Waals surface area contributed by atoms with Crippen molar-refractivity contribution in [3.05, 3.63) is 59.4 Å². The van der Waals surface area contributed by atoms with E-state index < -0.39 is 5.97 Å². The van der Waals surface area contributed by atoms with Gasteiger partial charge in [0, 0.05) is 23.5 Å². The van der Waals surface area contributed by atoms with Crippen LogP contribution in [0.1, 0.15) is 26.3 Å². The highest BCUT2D eigenvalue weighted by atomic mass is 16.4. The maximum Gasteiger partial charge on any atom is 0.337 e. The average Bonchev–Trinajstić information content (AvgIpc) is 2.39. The van der Waals surface area contributed by atoms with Crippen LogP contribution in [0.5, 0.6) is 0 Å². The number of hydrogen-bond acceptors (Lipinski definition) is 4. The van der Waals surface area contributed by atoms with E-state index in [4.69, 9.17) is 10.8 Å². The third-order valence-corrected chi connectivity index (χ3v) is 2.52. The number of nitrogens with zero attached hydrogens (tertiary/aromatic N) is 1. The van der Waals surface area contributed by atoms with Gasteiger partial charge in [0.05, 0.1) is 11.3 Å². The summed E-state index contributed by atoms with van der Waals surface area (Å²) in [4.78, 5) is 26.9. The van der Waals surface area contributed by atoms with Gasteiger partial charge in [-0.3, -0.25) is 9.78 Å². The molecule has 0 aliphatic rings. The van der Waals surface area contributed by atoms with Crippen molar-refractivity contribution in [3.63, 3.8) is 0 Å². The van der Waals surface area contributed by atoms with Crippen molar-refractivity contribution >= 4 is 17.4 Å². The molecule has 0 saturated heterocycles. The van der Waals surface area contributed by atoms with E-state index in [0.29, 0.717) is 5.56 Å². The topological polar surface area (TPSA) is 93.3 Å². The first kappa shape index (κ1) is 11.8. The highest BCUT2D eigenvalue weighted by Crippen LogP contribution is 2.20. The summed E-state index contributed by atoms with van der Waals surface area (Å²) in [5.41, 5.74) is 6.21. The number of carboxylic acids is 1. The predicted molar refractivity (Wildman–Crippen MR) is 65.5 cm³/mol. The molecule has 0 atom stereocenters. The van der Waals surface area contributed by atoms with Gasteiger partial charge in [0.2, 0.25) is 0 Å². The molecule has 0 aliphatic carbocycles. The molecule has 1 aromatic heterocycles. The maximum absolute atomic E-state index is 12.1. The van der Waals surface area contributed by atoms with Crippen LogP contribution in [0.4, 0.5) is 5.69 Å². The lowest BCUT2D eigenvalue weighted by Gasteiger charge is -2.07. The molecule has 0 radical (unpaired) electrons. The summed E-state index contributed by atoms with van der Waals surface area (Å²) in [6, 6.07) is 7.46. The Kier molecular flexibility index (Phi) is 3.05. The number of aromatic nitrogens is 1. The van der Waals surface area contributed by atoms with Gasteiger partial charge in [0.25, 0.3) is 0 Å². The number of carbonyl (C=O) groups excluding carboxylic acids is 1. The van der Waals surface area contributed by atoms with Gasteiger partial charge in [-0.15, -0.1) is 0 Å². The maximum atomic E-state index is 12.1. The van der Waals surface area contributed by atoms with Crippen LogP contribution in [-0.4, -0.2) is 21.8 Å². The number of anilines is 1. The SMILES string of the molecule is Nc1c(C(=O)O)cccc1C(=O)c1ccncc1. The fourth-order valence-electron chi connectivity index (χ4n) is 1.61. The number of carboxylic acid groups (broad SMARTS) is 1. The number of aromatic carboxylic acids is 1. The molecule has 2 aromatic rings. The van der Waals surface area contributed by atoms with Crippen LogP contribution in [0.3, 0.4) is 0 Å². The number of carbonyl (C=O) groups is 2. The summed E-state index contributed by atoms with van der Waals surface area (Å²) >= 11 is 0. The van der Waals surface area contributed by atoms with E-state index in [0.717, 1.165) is 0 Å². The third-order valence-electron chi connectivity index (χ3n) is 2.52. The summed E-state index contributed by atoms with van der Waals surface area (Å²) < 4.78 is 0. The lowest BCUT2D eigenvalue weighted by molar-refractivity contribution is 0.0698. The summed E-state index contributed by atoms with van der Waals surface area (Å²) in [7, 11) is 0. The smallest absolute Gasteiger partial charge is 0.337 e. The number of nitrogen functional groups attached to an aromatic ring is 1. The van der Waals surface area contributed by atoms with Crippen molar-refractivity contribution in [2.75, 3.05) is 5.73 Å². The summed E-state index contributed by atoms with van der Waals surface area (Å²) in [5.74, 6) is -1.48. The molecule has 2 rings (SSSR count). The molecule has 0 bridgehead atoms. The molecule has 0 saturated carbocycles. The fraction of sp³-hybridized carbons (Fsp3) is 0. The second-order valence-electron chi connectivity index (χ2n) is 3.64. The number of nitrogens with two attached hydrogens (primary N) is 1. The molecule has 0 unspecified atom stereocenters. The molecule has 0 amide bonds. The zero-order valence-corrected chi connectivity index (χ0v) is 9.33. The molecule has 0 aliphatic heterocycles. The second-order valence-corrected chi connectivity index (χ2v) is 3.64. The van der Waals surface area contributed by atoms with E-state index >= 15 is 0 Å². The Labute approximate surface area is 103 Å². The van der Waals surface area contributed by atoms with E-state index in [1.165, 1.54) is 30.6 Å². The van der Waals surface area contributed by atoms with Crippen molar-refractivity contribution in [1.29, 1.82) is 0 Å². The molecule has 18 heavy (non-hydrogen) atoms. The van der Waals surface area contributed by atoms with E-state index in [2.05, 4.69) is 4.98 Å². The predicted octanol–water partition coefficient (Wildman–Crippen LogP) is 1.59. The Bertz CT molecular complexity index is 609. The third kappa shape index (κ3) is 2.06. The van der Waals surface area contributed by atoms with Gasteiger partial charge in [-0.25, -0.2) is 4.79 Å². The van der Waals surface area contributed by atoms with E-state index in [9.17, 15) is 9.59 Å². The second kappa shape index (κ2) is 4.67. The zero-order chi connectivity index (χ0) is 13.1. The standard InChI is InChI=1S/C13H10N2O3/c14-11-9(2-1-3-10(11)13(17)18)12(16)8-4-6-15-7-5-8/h1-7H,14H2,(H,17,18). The van der Waals surface area contributed by atoms with Crippen molar-refractivity contribution in [3.8, 4) is 0 Å². The van der Waals surface area contributed by atoms with Gasteiger partial charge >= 0.3 is 5.97 Å². The number of pyridine rings is 1. The lowest BCUT2D eigenvalue weighted by atomic mass is 10.00. The molecule has 0 spiro atoms. The number of ketones is 1. The molecule has 90 valence electrons. The van der Waals surface area contributed by atoms with Gasteiger partial charge in [0.15, 0.2) is 5.78 Å². The van der Waals surface area contributed by atoms with Gasteiger partial charge < -0.3 is 10.8 Å². The highest BCUT2D eigenvalue weighted by molar-refractivity contribution is 6.14. The van der Waals surface area contributed by atoms with Gasteiger partial charge in [-0.2, -0.15) is 0 Å². The van der Waals surface area contributed by atoms with Crippen molar-refractivity contribution in [2.24, 2.45) is 0 Å². The summed E-state index contributed by atoms with van der Waals surface area (Å²) in [5, 5.41) is 8.94. The Morgan fingerprint density at radius 2 is 1.67 bits per heavy atom. The largest absolute Gasteiger partial charge is 0.478 e. The van der Waals surface area contributed by atoms with Crippen LogP contribution < -0.4 is 5.73 Å². The average molecular weight is 242 g/mol. The first-order valence-electron chi connectivity index (χ1n) is 5.17. The highest BCUT2D eigenvalue weighted by Gasteiger charge is 2.17. The van der Waals surface area contributed by atoms with Crippen LogP contribution in [0.2, 0.25) is 0 Å². The van der Waals surface area contributed by atoms with Crippen LogP contribution in [0, 0.1) is 0 Å². The van der Waals surface area contributed by atoms with Crippen LogP contribution >= 0.6 is 0 Å². The number of rotatable bonds is 3. The fourth-order valence-corrected chi connectivity index (χ4v) is 1.61. The molecular formula is C13H10N2O3. The van der Waals surface area contributed by atoms with Gasteiger partial charge in [0.1, 0.15) is 0 Å². The first-order valence-corrected chi connectivity index (χ1v) is 5.17. The number of hydrogen-bond donors (Lipinski definition) is 2. The number of para-hydroxylation sites is 1. The monoisotopic (exact) mass is 242 g/mol. The molecule has 3 N–H and O–H groups in total. The quantitative estimate of drug-likeness (QED) is 0.629. The van der Waals surface area contributed by atoms with E-state index in [-0.39, 0.29) is 22.6 Å². The molecular weight excluding hydrogens is 232 g/mol. The normalized spacial score (nSPS) is 10.0. The van der Waals surface area contributed by atoms with E-state index in [1.807, 2.05) is 0 Å². The summed E-state index contributed by atoms with van der Waals surface area (Å²) in [6.45, 7) is 0.